The summed E-state index contributed by atoms with van der Waals surface area (Å²) in [7, 11) is 0. The molecule has 0 aromatic heterocycles. The zero-order chi connectivity index (χ0) is 12.6. The number of anilines is 1. The molecule has 3 heteroatoms. The molecule has 1 aromatic rings. The van der Waals surface area contributed by atoms with Crippen LogP contribution in [0.3, 0.4) is 0 Å². The predicted octanol–water partition coefficient (Wildman–Crippen LogP) is 3.22. The molecule has 0 N–H and O–H groups in total. The molecule has 0 fully saturated rings. The number of carbonyl (C=O) groups is 1. The normalized spacial score (nSPS) is 21.4. The molecule has 1 unspecified atom stereocenters. The minimum Gasteiger partial charge on any atom is -0.367 e. The van der Waals surface area contributed by atoms with E-state index in [0.717, 1.165) is 18.4 Å². The topological polar surface area (TPSA) is 20.3 Å². The molecule has 1 aromatic carbocycles. The summed E-state index contributed by atoms with van der Waals surface area (Å²) in [6, 6.07) is 6.32. The number of alkyl halides is 1. The summed E-state index contributed by atoms with van der Waals surface area (Å²) in [6.07, 6.45) is 0.908. The van der Waals surface area contributed by atoms with Crippen molar-refractivity contribution in [2.75, 3.05) is 17.3 Å². The Bertz CT molecular complexity index is 442. The van der Waals surface area contributed by atoms with E-state index < -0.39 is 0 Å². The molecular weight excluding hydrogens is 234 g/mol. The highest BCUT2D eigenvalue weighted by Crippen LogP contribution is 2.45. The van der Waals surface area contributed by atoms with E-state index in [1.54, 1.807) is 0 Å². The fourth-order valence-electron chi connectivity index (χ4n) is 2.62. The first-order valence-corrected chi connectivity index (χ1v) is 6.48. The van der Waals surface area contributed by atoms with E-state index in [1.807, 2.05) is 18.2 Å². The van der Waals surface area contributed by atoms with E-state index in [2.05, 4.69) is 25.7 Å². The maximum atomic E-state index is 10.9. The van der Waals surface area contributed by atoms with Crippen LogP contribution in [0, 0.1) is 0 Å². The fourth-order valence-corrected chi connectivity index (χ4v) is 2.80. The zero-order valence-corrected chi connectivity index (χ0v) is 11.3. The van der Waals surface area contributed by atoms with E-state index in [4.69, 9.17) is 11.6 Å². The minimum atomic E-state index is 0.0560. The lowest BCUT2D eigenvalue weighted by Gasteiger charge is -2.31. The van der Waals surface area contributed by atoms with E-state index in [1.165, 1.54) is 11.3 Å². The molecule has 0 spiro atoms. The van der Waals surface area contributed by atoms with E-state index in [-0.39, 0.29) is 5.41 Å². The quantitative estimate of drug-likeness (QED) is 0.607. The minimum absolute atomic E-state index is 0.0560. The van der Waals surface area contributed by atoms with Gasteiger partial charge in [0.1, 0.15) is 6.29 Å². The third kappa shape index (κ3) is 1.85. The Labute approximate surface area is 108 Å². The van der Waals surface area contributed by atoms with Crippen LogP contribution in [-0.2, 0) is 5.41 Å². The Kier molecular flexibility index (Phi) is 3.17. The van der Waals surface area contributed by atoms with Crippen LogP contribution in [0.15, 0.2) is 18.2 Å². The fraction of sp³-hybridized carbons (Fsp3) is 0.500. The summed E-state index contributed by atoms with van der Waals surface area (Å²) >= 11 is 5.87. The maximum Gasteiger partial charge on any atom is 0.150 e. The summed E-state index contributed by atoms with van der Waals surface area (Å²) < 4.78 is 0. The van der Waals surface area contributed by atoms with Gasteiger partial charge in [-0.3, -0.25) is 4.79 Å². The lowest BCUT2D eigenvalue weighted by Crippen LogP contribution is -2.39. The molecular formula is C14H18ClNO. The number of benzene rings is 1. The molecule has 0 saturated carbocycles. The summed E-state index contributed by atoms with van der Waals surface area (Å²) in [4.78, 5) is 13.2. The second kappa shape index (κ2) is 4.34. The standard InChI is InChI=1S/C14H18ClNO/c1-10-14(2,3)12-8-11(9-17)4-5-13(12)16(10)7-6-15/h4-5,8-10H,6-7H2,1-3H3. The van der Waals surface area contributed by atoms with Crippen LogP contribution >= 0.6 is 11.6 Å². The second-order valence-electron chi connectivity index (χ2n) is 5.17. The van der Waals surface area contributed by atoms with Crippen LogP contribution < -0.4 is 4.90 Å². The van der Waals surface area contributed by atoms with Gasteiger partial charge in [0.15, 0.2) is 0 Å². The smallest absolute Gasteiger partial charge is 0.150 e. The van der Waals surface area contributed by atoms with Crippen molar-refractivity contribution >= 4 is 23.6 Å². The van der Waals surface area contributed by atoms with Crippen molar-refractivity contribution in [3.63, 3.8) is 0 Å². The van der Waals surface area contributed by atoms with Gasteiger partial charge in [-0.25, -0.2) is 0 Å². The van der Waals surface area contributed by atoms with E-state index in [9.17, 15) is 4.79 Å². The van der Waals surface area contributed by atoms with Crippen LogP contribution in [0.2, 0.25) is 0 Å². The lowest BCUT2D eigenvalue weighted by molar-refractivity contribution is 0.112. The molecule has 0 aliphatic carbocycles. The zero-order valence-electron chi connectivity index (χ0n) is 10.5. The number of carbonyl (C=O) groups excluding carboxylic acids is 1. The average Bonchev–Trinajstić information content (AvgIpc) is 2.51. The first kappa shape index (κ1) is 12.4. The van der Waals surface area contributed by atoms with Crippen molar-refractivity contribution in [1.82, 2.24) is 0 Å². The average molecular weight is 252 g/mol. The highest BCUT2D eigenvalue weighted by molar-refractivity contribution is 6.18. The molecule has 1 atom stereocenters. The summed E-state index contributed by atoms with van der Waals surface area (Å²) in [5.41, 5.74) is 3.27. The third-order valence-corrected chi connectivity index (χ3v) is 4.17. The van der Waals surface area contributed by atoms with Gasteiger partial charge in [0.25, 0.3) is 0 Å². The highest BCUT2D eigenvalue weighted by Gasteiger charge is 2.41. The molecule has 17 heavy (non-hydrogen) atoms. The van der Waals surface area contributed by atoms with Crippen LogP contribution in [0.1, 0.15) is 36.7 Å². The van der Waals surface area contributed by atoms with Gasteiger partial charge < -0.3 is 4.90 Å². The van der Waals surface area contributed by atoms with Crippen molar-refractivity contribution in [2.45, 2.75) is 32.2 Å². The van der Waals surface area contributed by atoms with Crippen LogP contribution in [-0.4, -0.2) is 24.8 Å². The Morgan fingerprint density at radius 2 is 2.18 bits per heavy atom. The first-order chi connectivity index (χ1) is 8.02. The summed E-state index contributed by atoms with van der Waals surface area (Å²) in [6.45, 7) is 7.51. The number of hydrogen-bond donors (Lipinski definition) is 0. The first-order valence-electron chi connectivity index (χ1n) is 5.94. The Hall–Kier alpha value is -1.02. The van der Waals surface area contributed by atoms with Crippen LogP contribution in [0.4, 0.5) is 5.69 Å². The SMILES string of the molecule is CC1N(CCCl)c2ccc(C=O)cc2C1(C)C. The molecule has 0 bridgehead atoms. The molecule has 1 heterocycles. The molecule has 0 saturated heterocycles. The van der Waals surface area contributed by atoms with Crippen molar-refractivity contribution in [1.29, 1.82) is 0 Å². The number of aldehydes is 1. The van der Waals surface area contributed by atoms with E-state index in [0.29, 0.717) is 11.9 Å². The van der Waals surface area contributed by atoms with Gasteiger partial charge in [-0.15, -0.1) is 11.6 Å². The highest BCUT2D eigenvalue weighted by atomic mass is 35.5. The largest absolute Gasteiger partial charge is 0.367 e. The van der Waals surface area contributed by atoms with Crippen molar-refractivity contribution < 1.29 is 4.79 Å². The van der Waals surface area contributed by atoms with Crippen LogP contribution in [0.25, 0.3) is 0 Å². The Balaban J connectivity index is 2.52. The molecule has 1 aliphatic heterocycles. The number of hydrogen-bond acceptors (Lipinski definition) is 2. The van der Waals surface area contributed by atoms with Gasteiger partial charge in [0.05, 0.1) is 0 Å². The molecule has 0 radical (unpaired) electrons. The van der Waals surface area contributed by atoms with Gasteiger partial charge in [-0.1, -0.05) is 13.8 Å². The monoisotopic (exact) mass is 251 g/mol. The van der Waals surface area contributed by atoms with Crippen molar-refractivity contribution in [3.8, 4) is 0 Å². The van der Waals surface area contributed by atoms with Gasteiger partial charge in [-0.2, -0.15) is 0 Å². The number of nitrogens with zero attached hydrogens (tertiary/aromatic N) is 1. The predicted molar refractivity (Wildman–Crippen MR) is 72.4 cm³/mol. The molecule has 1 aliphatic rings. The lowest BCUT2D eigenvalue weighted by atomic mass is 9.81. The summed E-state index contributed by atoms with van der Waals surface area (Å²) in [5, 5.41) is 0. The number of fused-ring (bicyclic) bond motifs is 1. The Morgan fingerprint density at radius 3 is 2.76 bits per heavy atom. The number of halogens is 1. The molecule has 0 amide bonds. The molecule has 92 valence electrons. The van der Waals surface area contributed by atoms with Gasteiger partial charge >= 0.3 is 0 Å². The van der Waals surface area contributed by atoms with Gasteiger partial charge in [-0.05, 0) is 30.7 Å². The summed E-state index contributed by atoms with van der Waals surface area (Å²) in [5.74, 6) is 0.620. The van der Waals surface area contributed by atoms with E-state index >= 15 is 0 Å². The van der Waals surface area contributed by atoms with Crippen molar-refractivity contribution in [3.05, 3.63) is 29.3 Å². The Morgan fingerprint density at radius 1 is 1.47 bits per heavy atom. The second-order valence-corrected chi connectivity index (χ2v) is 5.55. The van der Waals surface area contributed by atoms with Gasteiger partial charge in [0.2, 0.25) is 0 Å². The van der Waals surface area contributed by atoms with Crippen LogP contribution in [0.5, 0.6) is 0 Å². The third-order valence-electron chi connectivity index (χ3n) is 4.00. The van der Waals surface area contributed by atoms with Crippen molar-refractivity contribution in [2.24, 2.45) is 0 Å². The molecule has 2 nitrogen and oxygen atoms in total. The molecule has 2 rings (SSSR count). The number of rotatable bonds is 3. The maximum absolute atomic E-state index is 10.9. The van der Waals surface area contributed by atoms with Gasteiger partial charge in [0, 0.05) is 35.1 Å².